The van der Waals surface area contributed by atoms with Crippen LogP contribution in [0.3, 0.4) is 0 Å². The lowest BCUT2D eigenvalue weighted by Gasteiger charge is -2.08. The third kappa shape index (κ3) is 5.88. The Morgan fingerprint density at radius 3 is 1.46 bits per heavy atom. The number of benzene rings is 10. The fourth-order valence-electron chi connectivity index (χ4n) is 10.5. The minimum absolute atomic E-state index is 0.909. The summed E-state index contributed by atoms with van der Waals surface area (Å²) in [6, 6.07) is 72.0. The molecule has 3 N–H and O–H groups in total. The summed E-state index contributed by atoms with van der Waals surface area (Å²) in [6.45, 7) is 0. The van der Waals surface area contributed by atoms with Crippen molar-refractivity contribution in [3.8, 4) is 5.69 Å². The SMILES string of the molecule is Brc1ccc2c(c1)oc1ccccc12.c1ccc2c(c1)[nH]c1c2ccc2[nH]c3ccccc3c21.c1ccc2c(c1)[nH]c1c2ccc2c1c1ccccc1n2-c1ccc2c(c1)oc1ccccc12. The number of aromatic nitrogens is 4. The summed E-state index contributed by atoms with van der Waals surface area (Å²) in [4.78, 5) is 10.8. The van der Waals surface area contributed by atoms with Gasteiger partial charge in [-0.15, -0.1) is 0 Å². The zero-order chi connectivity index (χ0) is 44.2. The average Bonchev–Trinajstić information content (AvgIpc) is 4.23. The normalized spacial score (nSPS) is 12.0. The molecule has 316 valence electrons. The molecule has 0 aliphatic carbocycles. The smallest absolute Gasteiger partial charge is 0.137 e. The number of fused-ring (bicyclic) bond motifs is 20. The molecule has 16 aromatic rings. The van der Waals surface area contributed by atoms with Gasteiger partial charge in [-0.05, 0) is 78.9 Å². The van der Waals surface area contributed by atoms with E-state index >= 15 is 0 Å². The fourth-order valence-corrected chi connectivity index (χ4v) is 10.8. The summed E-state index contributed by atoms with van der Waals surface area (Å²) in [6.07, 6.45) is 0. The molecule has 0 spiro atoms. The van der Waals surface area contributed by atoms with Crippen LogP contribution in [0, 0.1) is 0 Å². The van der Waals surface area contributed by atoms with Gasteiger partial charge in [0.15, 0.2) is 0 Å². The van der Waals surface area contributed by atoms with Crippen LogP contribution in [-0.2, 0) is 0 Å². The van der Waals surface area contributed by atoms with Gasteiger partial charge in [-0.25, -0.2) is 0 Å². The van der Waals surface area contributed by atoms with Crippen LogP contribution in [0.2, 0.25) is 0 Å². The number of nitrogens with zero attached hydrogens (tertiary/aromatic N) is 1. The Labute approximate surface area is 389 Å². The van der Waals surface area contributed by atoms with Crippen LogP contribution in [0.1, 0.15) is 0 Å². The topological polar surface area (TPSA) is 78.6 Å². The molecular weight excluding hydrogens is 889 g/mol. The third-order valence-electron chi connectivity index (χ3n) is 13.4. The molecule has 0 unspecified atom stereocenters. The van der Waals surface area contributed by atoms with E-state index in [0.717, 1.165) is 43.3 Å². The minimum Gasteiger partial charge on any atom is -0.456 e. The Kier molecular flexibility index (Phi) is 8.33. The first-order chi connectivity index (χ1) is 33.1. The van der Waals surface area contributed by atoms with Crippen molar-refractivity contribution in [1.29, 1.82) is 0 Å². The predicted octanol–water partition coefficient (Wildman–Crippen LogP) is 17.6. The van der Waals surface area contributed by atoms with Gasteiger partial charge < -0.3 is 28.4 Å². The molecule has 7 heteroatoms. The molecule has 6 nitrogen and oxygen atoms in total. The van der Waals surface area contributed by atoms with E-state index in [-0.39, 0.29) is 0 Å². The second-order valence-corrected chi connectivity index (χ2v) is 18.1. The molecule has 67 heavy (non-hydrogen) atoms. The molecular formula is C60H37BrN4O2. The van der Waals surface area contributed by atoms with Gasteiger partial charge in [0, 0.05) is 103 Å². The fraction of sp³-hybridized carbons (Fsp3) is 0. The largest absolute Gasteiger partial charge is 0.456 e. The van der Waals surface area contributed by atoms with Crippen molar-refractivity contribution < 1.29 is 8.83 Å². The highest BCUT2D eigenvalue weighted by molar-refractivity contribution is 9.10. The number of furan rings is 2. The molecule has 0 atom stereocenters. The van der Waals surface area contributed by atoms with Crippen molar-refractivity contribution in [1.82, 2.24) is 19.5 Å². The maximum Gasteiger partial charge on any atom is 0.137 e. The summed E-state index contributed by atoms with van der Waals surface area (Å²) in [5, 5.41) is 14.8. The molecule has 0 amide bonds. The van der Waals surface area contributed by atoms with Gasteiger partial charge in [0.1, 0.15) is 22.3 Å². The van der Waals surface area contributed by atoms with Crippen LogP contribution in [-0.4, -0.2) is 19.5 Å². The van der Waals surface area contributed by atoms with Crippen molar-refractivity contribution >= 4 is 147 Å². The Morgan fingerprint density at radius 2 is 0.791 bits per heavy atom. The van der Waals surface area contributed by atoms with Gasteiger partial charge in [-0.3, -0.25) is 0 Å². The lowest BCUT2D eigenvalue weighted by atomic mass is 10.1. The van der Waals surface area contributed by atoms with Crippen LogP contribution in [0.25, 0.3) is 137 Å². The molecule has 10 aromatic carbocycles. The first-order valence-electron chi connectivity index (χ1n) is 22.4. The van der Waals surface area contributed by atoms with E-state index in [0.29, 0.717) is 0 Å². The summed E-state index contributed by atoms with van der Waals surface area (Å²) in [7, 11) is 0. The zero-order valence-corrected chi connectivity index (χ0v) is 37.4. The van der Waals surface area contributed by atoms with E-state index in [4.69, 9.17) is 8.83 Å². The summed E-state index contributed by atoms with van der Waals surface area (Å²) >= 11 is 3.43. The lowest BCUT2D eigenvalue weighted by molar-refractivity contribution is 0.668. The maximum atomic E-state index is 6.21. The summed E-state index contributed by atoms with van der Waals surface area (Å²) in [5.41, 5.74) is 14.3. The van der Waals surface area contributed by atoms with E-state index in [1.807, 2.05) is 42.5 Å². The first-order valence-corrected chi connectivity index (χ1v) is 23.2. The highest BCUT2D eigenvalue weighted by Crippen LogP contribution is 2.41. The second-order valence-electron chi connectivity index (χ2n) is 17.2. The average molecular weight is 926 g/mol. The maximum absolute atomic E-state index is 6.21. The van der Waals surface area contributed by atoms with Crippen molar-refractivity contribution in [3.63, 3.8) is 0 Å². The molecule has 6 heterocycles. The first kappa shape index (κ1) is 37.8. The molecule has 0 bridgehead atoms. The molecule has 0 radical (unpaired) electrons. The van der Waals surface area contributed by atoms with Crippen molar-refractivity contribution in [3.05, 3.63) is 211 Å². The van der Waals surface area contributed by atoms with Gasteiger partial charge in [-0.1, -0.05) is 137 Å². The second kappa shape index (κ2) is 14.8. The van der Waals surface area contributed by atoms with Crippen LogP contribution in [0.4, 0.5) is 0 Å². The summed E-state index contributed by atoms with van der Waals surface area (Å²) in [5.74, 6) is 0. The van der Waals surface area contributed by atoms with E-state index in [9.17, 15) is 0 Å². The molecule has 16 rings (SSSR count). The lowest BCUT2D eigenvalue weighted by Crippen LogP contribution is -1.93. The number of rotatable bonds is 1. The van der Waals surface area contributed by atoms with Gasteiger partial charge in [0.25, 0.3) is 0 Å². The van der Waals surface area contributed by atoms with Gasteiger partial charge in [0.05, 0.1) is 22.1 Å². The van der Waals surface area contributed by atoms with Gasteiger partial charge in [-0.2, -0.15) is 0 Å². The third-order valence-corrected chi connectivity index (χ3v) is 13.9. The Hall–Kier alpha value is -8.52. The van der Waals surface area contributed by atoms with Crippen molar-refractivity contribution in [2.45, 2.75) is 0 Å². The van der Waals surface area contributed by atoms with Crippen molar-refractivity contribution in [2.75, 3.05) is 0 Å². The number of nitrogens with one attached hydrogen (secondary N) is 3. The van der Waals surface area contributed by atoms with Crippen molar-refractivity contribution in [2.24, 2.45) is 0 Å². The minimum atomic E-state index is 0.909. The van der Waals surface area contributed by atoms with Crippen LogP contribution in [0.5, 0.6) is 0 Å². The van der Waals surface area contributed by atoms with Crippen LogP contribution in [0.15, 0.2) is 220 Å². The number of aromatic amines is 3. The highest BCUT2D eigenvalue weighted by atomic mass is 79.9. The van der Waals surface area contributed by atoms with E-state index in [2.05, 4.69) is 199 Å². The van der Waals surface area contributed by atoms with Gasteiger partial charge >= 0.3 is 0 Å². The molecule has 0 aliphatic heterocycles. The molecule has 0 aliphatic rings. The number of halogens is 1. The predicted molar refractivity (Wildman–Crippen MR) is 284 cm³/mol. The standard InChI is InChI=1S/C30H18N2O.C18H12N2.C12H7BrO/c1-4-10-24-19(7-1)22-15-16-26-29(30(22)31-24)23-9-2-5-11-25(23)32(26)18-13-14-21-20-8-3-6-12-27(20)33-28(21)17-18;1-3-7-14-11(5-1)12-9-10-16-17(18(12)20-14)13-6-2-4-8-15(13)19-16;13-8-5-6-10-9-3-1-2-4-11(9)14-12(10)7-8/h1-17,31H;1-10,19-20H;1-7H. The Morgan fingerprint density at radius 1 is 0.313 bits per heavy atom. The molecule has 6 aromatic heterocycles. The molecule has 0 fully saturated rings. The number of hydrogen-bond acceptors (Lipinski definition) is 2. The number of para-hydroxylation sites is 6. The number of H-pyrrole nitrogens is 3. The van der Waals surface area contributed by atoms with Gasteiger partial charge in [0.2, 0.25) is 0 Å². The van der Waals surface area contributed by atoms with Crippen LogP contribution >= 0.6 is 15.9 Å². The number of hydrogen-bond donors (Lipinski definition) is 3. The molecule has 0 saturated heterocycles. The Balaban J connectivity index is 0.000000106. The van der Waals surface area contributed by atoms with Crippen LogP contribution < -0.4 is 0 Å². The monoisotopic (exact) mass is 924 g/mol. The highest BCUT2D eigenvalue weighted by Gasteiger charge is 2.18. The van der Waals surface area contributed by atoms with E-state index in [1.54, 1.807) is 0 Å². The molecule has 0 saturated carbocycles. The van der Waals surface area contributed by atoms with E-state index in [1.165, 1.54) is 98.0 Å². The quantitative estimate of drug-likeness (QED) is 0.153. The summed E-state index contributed by atoms with van der Waals surface area (Å²) < 4.78 is 15.3. The Bertz CT molecular complexity index is 4610. The zero-order valence-electron chi connectivity index (χ0n) is 35.8. The van der Waals surface area contributed by atoms with E-state index < -0.39 is 0 Å².